The van der Waals surface area contributed by atoms with Crippen LogP contribution >= 0.6 is 11.8 Å². The fourth-order valence-corrected chi connectivity index (χ4v) is 6.02. The van der Waals surface area contributed by atoms with Gasteiger partial charge in [-0.2, -0.15) is 0 Å². The summed E-state index contributed by atoms with van der Waals surface area (Å²) in [5, 5.41) is 24.2. The summed E-state index contributed by atoms with van der Waals surface area (Å²) in [5.41, 5.74) is 10.4. The van der Waals surface area contributed by atoms with Crippen molar-refractivity contribution in [2.75, 3.05) is 22.1 Å². The van der Waals surface area contributed by atoms with Crippen LogP contribution in [0.4, 0.5) is 17.1 Å². The summed E-state index contributed by atoms with van der Waals surface area (Å²) >= 11 is 1.59. The lowest BCUT2D eigenvalue weighted by Gasteiger charge is -2.36. The van der Waals surface area contributed by atoms with Gasteiger partial charge in [0.05, 0.1) is 30.2 Å². The molecule has 46 heavy (non-hydrogen) atoms. The van der Waals surface area contributed by atoms with Crippen LogP contribution in [-0.2, 0) is 32.7 Å². The first-order valence-electron chi connectivity index (χ1n) is 15.4. The summed E-state index contributed by atoms with van der Waals surface area (Å²) in [6.07, 6.45) is 4.32. The second kappa shape index (κ2) is 16.4. The number of aliphatic hydroxyl groups is 1. The first-order chi connectivity index (χ1) is 22.4. The average Bonchev–Trinajstić information content (AvgIpc) is 3.49. The topological polar surface area (TPSA) is 154 Å². The Morgan fingerprint density at radius 2 is 1.63 bits per heavy atom. The van der Waals surface area contributed by atoms with Gasteiger partial charge in [-0.1, -0.05) is 66.7 Å². The van der Waals surface area contributed by atoms with Crippen LogP contribution in [0.15, 0.2) is 84.3 Å². The summed E-state index contributed by atoms with van der Waals surface area (Å²) < 4.78 is 14.7. The number of aryl methyl sites for hydroxylation is 1. The molecule has 0 spiro atoms. The molecule has 0 saturated carbocycles. The van der Waals surface area contributed by atoms with Gasteiger partial charge >= 0.3 is 0 Å². The van der Waals surface area contributed by atoms with Crippen molar-refractivity contribution in [1.29, 1.82) is 0 Å². The Hall–Kier alpha value is -4.23. The van der Waals surface area contributed by atoms with E-state index < -0.39 is 6.29 Å². The third-order valence-electron chi connectivity index (χ3n) is 7.69. The molecule has 1 fully saturated rings. The number of para-hydroxylation sites is 2. The molecule has 11 nitrogen and oxygen atoms in total. The molecule has 0 bridgehead atoms. The van der Waals surface area contributed by atoms with Crippen molar-refractivity contribution in [2.45, 2.75) is 68.8 Å². The number of hydrogen-bond acceptors (Lipinski definition) is 9. The molecule has 5 N–H and O–H groups in total. The van der Waals surface area contributed by atoms with Crippen LogP contribution in [0.3, 0.4) is 0 Å². The van der Waals surface area contributed by atoms with Gasteiger partial charge in [0.25, 0.3) is 0 Å². The van der Waals surface area contributed by atoms with Gasteiger partial charge in [0.1, 0.15) is 6.33 Å². The summed E-state index contributed by atoms with van der Waals surface area (Å²) in [6.45, 7) is -0.0123. The van der Waals surface area contributed by atoms with Crippen molar-refractivity contribution in [1.82, 2.24) is 14.8 Å². The molecule has 1 aromatic heterocycles. The molecule has 0 radical (unpaired) electrons. The van der Waals surface area contributed by atoms with E-state index in [-0.39, 0.29) is 30.6 Å². The van der Waals surface area contributed by atoms with Crippen molar-refractivity contribution in [3.63, 3.8) is 0 Å². The van der Waals surface area contributed by atoms with Crippen LogP contribution in [0.2, 0.25) is 0 Å². The summed E-state index contributed by atoms with van der Waals surface area (Å²) in [7, 11) is 1.91. The second-order valence-corrected chi connectivity index (χ2v) is 12.2. The zero-order valence-electron chi connectivity index (χ0n) is 25.8. The van der Waals surface area contributed by atoms with Crippen LogP contribution in [-0.4, -0.2) is 43.5 Å². The number of carbonyl (C=O) groups excluding carboxylic acids is 2. The standard InChI is InChI=1S/C34H40N6O5S/c1-40-22-36-39-34(40)46-21-27-19-30(24-13-11-23(20-41)12-14-24)45-33(44-27)25-15-17-26(18-16-25)37-31(42)9-3-2-4-10-32(43)38-29-8-6-5-7-28(29)35/h5-8,11-18,22,27,30,33,41H,2-4,9-10,19-21,35H2,1H3,(H,37,42)(H,38,43)/t27-,30+,33+/m0/s1. The third-order valence-corrected chi connectivity index (χ3v) is 8.86. The number of hydrogen-bond donors (Lipinski definition) is 4. The molecule has 2 heterocycles. The fraction of sp³-hybridized carbons (Fsp3) is 0.353. The van der Waals surface area contributed by atoms with Crippen molar-refractivity contribution in [3.05, 3.63) is 95.8 Å². The number of amides is 2. The highest BCUT2D eigenvalue weighted by Gasteiger charge is 2.32. The zero-order chi connectivity index (χ0) is 32.3. The van der Waals surface area contributed by atoms with Crippen LogP contribution < -0.4 is 16.4 Å². The summed E-state index contributed by atoms with van der Waals surface area (Å²) in [4.78, 5) is 24.8. The molecule has 242 valence electrons. The number of nitrogens with two attached hydrogens (primary N) is 1. The number of aromatic nitrogens is 3. The smallest absolute Gasteiger partial charge is 0.224 e. The molecule has 1 saturated heterocycles. The minimum atomic E-state index is -0.596. The van der Waals surface area contributed by atoms with Gasteiger partial charge in [-0.15, -0.1) is 10.2 Å². The molecule has 1 aliphatic heterocycles. The number of unbranched alkanes of at least 4 members (excludes halogenated alkanes) is 2. The molecule has 2 amide bonds. The molecule has 3 atom stereocenters. The lowest BCUT2D eigenvalue weighted by atomic mass is 10.0. The minimum absolute atomic E-state index is 0.0123. The molecule has 12 heteroatoms. The van der Waals surface area contributed by atoms with Crippen molar-refractivity contribution >= 4 is 40.6 Å². The number of nitrogens with one attached hydrogen (secondary N) is 2. The van der Waals surface area contributed by atoms with Gasteiger partial charge in [0.15, 0.2) is 11.4 Å². The average molecular weight is 645 g/mol. The van der Waals surface area contributed by atoms with E-state index in [1.807, 2.05) is 72.3 Å². The van der Waals surface area contributed by atoms with E-state index in [0.29, 0.717) is 54.9 Å². The van der Waals surface area contributed by atoms with Gasteiger partial charge in [0, 0.05) is 43.3 Å². The zero-order valence-corrected chi connectivity index (χ0v) is 26.6. The first kappa shape index (κ1) is 33.1. The van der Waals surface area contributed by atoms with Gasteiger partial charge in [-0.3, -0.25) is 9.59 Å². The SMILES string of the molecule is Cn1cnnc1SC[C@@H]1C[C@H](c2ccc(CO)cc2)O[C@H](c2ccc(NC(=O)CCCCCC(=O)Nc3ccccc3N)cc2)O1. The minimum Gasteiger partial charge on any atom is -0.397 e. The molecule has 3 aromatic carbocycles. The lowest BCUT2D eigenvalue weighted by molar-refractivity contribution is -0.245. The summed E-state index contributed by atoms with van der Waals surface area (Å²) in [5.74, 6) is 0.513. The van der Waals surface area contributed by atoms with Gasteiger partial charge < -0.3 is 35.5 Å². The van der Waals surface area contributed by atoms with Gasteiger partial charge in [-0.25, -0.2) is 0 Å². The number of aliphatic hydroxyl groups excluding tert-OH is 1. The number of thioether (sulfide) groups is 1. The molecular weight excluding hydrogens is 604 g/mol. The number of benzene rings is 3. The van der Waals surface area contributed by atoms with E-state index in [2.05, 4.69) is 20.8 Å². The molecule has 0 aliphatic carbocycles. The Labute approximate surface area is 272 Å². The van der Waals surface area contributed by atoms with Crippen LogP contribution in [0.1, 0.15) is 67.6 Å². The number of nitrogen functional groups attached to an aromatic ring is 1. The van der Waals surface area contributed by atoms with Crippen molar-refractivity contribution in [2.24, 2.45) is 7.05 Å². The molecule has 1 aliphatic rings. The molecule has 5 rings (SSSR count). The molecular formula is C34H40N6O5S. The van der Waals surface area contributed by atoms with E-state index in [1.54, 1.807) is 30.2 Å². The van der Waals surface area contributed by atoms with Crippen LogP contribution in [0, 0.1) is 0 Å². The highest BCUT2D eigenvalue weighted by Crippen LogP contribution is 2.39. The number of carbonyl (C=O) groups is 2. The Morgan fingerprint density at radius 1 is 0.935 bits per heavy atom. The highest BCUT2D eigenvalue weighted by atomic mass is 32.2. The Kier molecular flexibility index (Phi) is 11.8. The highest BCUT2D eigenvalue weighted by molar-refractivity contribution is 7.99. The number of rotatable bonds is 14. The fourth-order valence-electron chi connectivity index (χ4n) is 5.11. The number of nitrogens with zero attached hydrogens (tertiary/aromatic N) is 3. The van der Waals surface area contributed by atoms with Crippen molar-refractivity contribution in [3.8, 4) is 0 Å². The lowest BCUT2D eigenvalue weighted by Crippen LogP contribution is -2.31. The van der Waals surface area contributed by atoms with E-state index in [4.69, 9.17) is 15.2 Å². The van der Waals surface area contributed by atoms with E-state index in [9.17, 15) is 14.7 Å². The number of ether oxygens (including phenoxy) is 2. The normalized spacial score (nSPS) is 17.8. The predicted octanol–water partition coefficient (Wildman–Crippen LogP) is 5.76. The summed E-state index contributed by atoms with van der Waals surface area (Å²) in [6, 6.07) is 22.5. The molecule has 4 aromatic rings. The Balaban J connectivity index is 1.11. The predicted molar refractivity (Wildman–Crippen MR) is 178 cm³/mol. The van der Waals surface area contributed by atoms with E-state index in [1.165, 1.54) is 0 Å². The Morgan fingerprint density at radius 3 is 2.30 bits per heavy atom. The first-order valence-corrected chi connectivity index (χ1v) is 16.4. The number of anilines is 3. The van der Waals surface area contributed by atoms with E-state index in [0.717, 1.165) is 28.3 Å². The monoisotopic (exact) mass is 644 g/mol. The molecule has 0 unspecified atom stereocenters. The maximum absolute atomic E-state index is 12.6. The van der Waals surface area contributed by atoms with Crippen LogP contribution in [0.5, 0.6) is 0 Å². The van der Waals surface area contributed by atoms with Crippen LogP contribution in [0.25, 0.3) is 0 Å². The third kappa shape index (κ3) is 9.39. The quantitative estimate of drug-likeness (QED) is 0.0763. The second-order valence-electron chi connectivity index (χ2n) is 11.3. The van der Waals surface area contributed by atoms with Gasteiger partial charge in [0.2, 0.25) is 11.8 Å². The largest absolute Gasteiger partial charge is 0.397 e. The Bertz CT molecular complexity index is 1580. The maximum atomic E-state index is 12.6. The van der Waals surface area contributed by atoms with Gasteiger partial charge in [-0.05, 0) is 48.2 Å². The van der Waals surface area contributed by atoms with Crippen molar-refractivity contribution < 1.29 is 24.2 Å². The van der Waals surface area contributed by atoms with E-state index >= 15 is 0 Å². The maximum Gasteiger partial charge on any atom is 0.224 e.